The highest BCUT2D eigenvalue weighted by Gasteiger charge is 1.99. The lowest BCUT2D eigenvalue weighted by Crippen LogP contribution is -2.02. The van der Waals surface area contributed by atoms with Gasteiger partial charge in [-0.1, -0.05) is 59.6 Å². The number of halogens is 2. The molecule has 0 saturated heterocycles. The third kappa shape index (κ3) is 3.50. The molecule has 0 aliphatic rings. The Hall–Kier alpha value is -2.56. The Labute approximate surface area is 146 Å². The summed E-state index contributed by atoms with van der Waals surface area (Å²) in [4.78, 5) is 27.3. The number of rotatable bonds is 0. The van der Waals surface area contributed by atoms with E-state index < -0.39 is 0 Å². The average molecular weight is 359 g/mol. The highest BCUT2D eigenvalue weighted by molar-refractivity contribution is 6.35. The minimum absolute atomic E-state index is 0.168. The van der Waals surface area contributed by atoms with Crippen LogP contribution in [-0.2, 0) is 0 Å². The van der Waals surface area contributed by atoms with Crippen LogP contribution in [0.2, 0.25) is 10.0 Å². The predicted molar refractivity (Wildman–Crippen MR) is 99.2 cm³/mol. The van der Waals surface area contributed by atoms with E-state index in [1.165, 1.54) is 12.1 Å². The van der Waals surface area contributed by atoms with Crippen molar-refractivity contribution in [3.63, 3.8) is 0 Å². The summed E-state index contributed by atoms with van der Waals surface area (Å²) < 4.78 is 0. The van der Waals surface area contributed by atoms with Gasteiger partial charge in [-0.15, -0.1) is 0 Å². The smallest absolute Gasteiger partial charge is 0.249 e. The van der Waals surface area contributed by atoms with Crippen LogP contribution in [0.4, 0.5) is 0 Å². The fraction of sp³-hybridized carbons (Fsp3) is 0. The molecule has 0 bridgehead atoms. The van der Waals surface area contributed by atoms with E-state index in [0.717, 1.165) is 21.8 Å². The van der Waals surface area contributed by atoms with E-state index in [1.54, 1.807) is 0 Å². The topological polar surface area (TPSA) is 65.7 Å². The Bertz CT molecular complexity index is 1040. The number of para-hydroxylation sites is 2. The minimum Gasteiger partial charge on any atom is -0.322 e. The van der Waals surface area contributed by atoms with Gasteiger partial charge in [0.25, 0.3) is 0 Å². The third-order valence-corrected chi connectivity index (χ3v) is 4.03. The van der Waals surface area contributed by atoms with Gasteiger partial charge in [-0.05, 0) is 12.1 Å². The van der Waals surface area contributed by atoms with Crippen LogP contribution in [0, 0.1) is 0 Å². The number of benzene rings is 2. The normalized spacial score (nSPS) is 10.4. The summed E-state index contributed by atoms with van der Waals surface area (Å²) in [7, 11) is 0. The minimum atomic E-state index is -0.168. The molecule has 0 amide bonds. The largest absolute Gasteiger partial charge is 0.322 e. The molecule has 0 fully saturated rings. The molecule has 24 heavy (non-hydrogen) atoms. The first-order chi connectivity index (χ1) is 11.5. The number of nitrogens with one attached hydrogen (secondary N) is 2. The molecular weight excluding hydrogens is 347 g/mol. The monoisotopic (exact) mass is 358 g/mol. The fourth-order valence-corrected chi connectivity index (χ4v) is 2.85. The van der Waals surface area contributed by atoms with Gasteiger partial charge in [0.2, 0.25) is 11.1 Å². The van der Waals surface area contributed by atoms with Crippen molar-refractivity contribution in [3.05, 3.63) is 91.4 Å². The zero-order chi connectivity index (χ0) is 17.1. The number of aromatic nitrogens is 2. The van der Waals surface area contributed by atoms with Gasteiger partial charge in [0, 0.05) is 33.9 Å². The van der Waals surface area contributed by atoms with Crippen LogP contribution < -0.4 is 11.1 Å². The molecule has 4 nitrogen and oxygen atoms in total. The van der Waals surface area contributed by atoms with Crippen LogP contribution in [0.1, 0.15) is 0 Å². The zero-order valence-corrected chi connectivity index (χ0v) is 13.9. The van der Waals surface area contributed by atoms with E-state index >= 15 is 0 Å². The number of hydrogen-bond acceptors (Lipinski definition) is 2. The van der Waals surface area contributed by atoms with Crippen molar-refractivity contribution in [2.45, 2.75) is 0 Å². The van der Waals surface area contributed by atoms with Crippen molar-refractivity contribution in [3.8, 4) is 0 Å². The molecule has 0 aliphatic carbocycles. The standard InChI is InChI=1S/2C9H6ClNO/c2*10-7-5-9(12)11-8-4-2-1-3-6(7)8/h2*1-5H,(H,11,12). The molecule has 4 rings (SSSR count). The van der Waals surface area contributed by atoms with Crippen LogP contribution in [0.3, 0.4) is 0 Å². The second-order valence-corrected chi connectivity index (χ2v) is 5.87. The molecule has 0 unspecified atom stereocenters. The molecule has 0 aliphatic heterocycles. The number of aromatic amines is 2. The molecule has 2 aromatic carbocycles. The summed E-state index contributed by atoms with van der Waals surface area (Å²) in [5, 5.41) is 2.74. The van der Waals surface area contributed by atoms with Crippen LogP contribution in [0.15, 0.2) is 70.3 Å². The van der Waals surface area contributed by atoms with Gasteiger partial charge >= 0.3 is 0 Å². The van der Waals surface area contributed by atoms with Crippen molar-refractivity contribution in [1.82, 2.24) is 9.97 Å². The van der Waals surface area contributed by atoms with Gasteiger partial charge in [-0.3, -0.25) is 9.59 Å². The van der Waals surface area contributed by atoms with Gasteiger partial charge in [-0.2, -0.15) is 0 Å². The Balaban J connectivity index is 0.000000141. The maximum Gasteiger partial charge on any atom is 0.249 e. The van der Waals surface area contributed by atoms with Crippen molar-refractivity contribution in [1.29, 1.82) is 0 Å². The summed E-state index contributed by atoms with van der Waals surface area (Å²) in [6, 6.07) is 17.6. The third-order valence-electron chi connectivity index (χ3n) is 3.40. The molecule has 2 N–H and O–H groups in total. The molecule has 0 saturated carbocycles. The number of pyridine rings is 2. The maximum atomic E-state index is 11.0. The van der Waals surface area contributed by atoms with E-state index in [1.807, 2.05) is 48.5 Å². The first kappa shape index (κ1) is 16.3. The van der Waals surface area contributed by atoms with Crippen LogP contribution in [0.25, 0.3) is 21.8 Å². The van der Waals surface area contributed by atoms with Gasteiger partial charge < -0.3 is 9.97 Å². The van der Waals surface area contributed by atoms with E-state index in [4.69, 9.17) is 23.2 Å². The number of hydrogen-bond donors (Lipinski definition) is 2. The summed E-state index contributed by atoms with van der Waals surface area (Å²) in [6.07, 6.45) is 0. The van der Waals surface area contributed by atoms with E-state index in [-0.39, 0.29) is 11.1 Å². The van der Waals surface area contributed by atoms with Gasteiger partial charge in [-0.25, -0.2) is 0 Å². The lowest BCUT2D eigenvalue weighted by molar-refractivity contribution is 1.31. The molecular formula is C18H12Cl2N2O2. The predicted octanol–water partition coefficient (Wildman–Crippen LogP) is 4.36. The SMILES string of the molecule is O=c1cc(Cl)c2ccccc2[nH]1.O=c1cc(Cl)c2ccccc2[nH]1. The first-order valence-electron chi connectivity index (χ1n) is 7.10. The molecule has 6 heteroatoms. The molecule has 4 aromatic rings. The molecule has 0 atom stereocenters. The summed E-state index contributed by atoms with van der Waals surface area (Å²) in [5.41, 5.74) is 1.21. The summed E-state index contributed by atoms with van der Waals surface area (Å²) in [5.74, 6) is 0. The van der Waals surface area contributed by atoms with Crippen LogP contribution in [-0.4, -0.2) is 9.97 Å². The van der Waals surface area contributed by atoms with Crippen LogP contribution in [0.5, 0.6) is 0 Å². The zero-order valence-electron chi connectivity index (χ0n) is 12.3. The Morgan fingerprint density at radius 1 is 0.625 bits per heavy atom. The van der Waals surface area contributed by atoms with Crippen LogP contribution >= 0.6 is 23.2 Å². The first-order valence-corrected chi connectivity index (χ1v) is 7.85. The van der Waals surface area contributed by atoms with E-state index in [0.29, 0.717) is 10.0 Å². The van der Waals surface area contributed by atoms with Gasteiger partial charge in [0.1, 0.15) is 0 Å². The van der Waals surface area contributed by atoms with Crippen molar-refractivity contribution in [2.24, 2.45) is 0 Å². The summed E-state index contributed by atoms with van der Waals surface area (Å²) >= 11 is 11.7. The quantitative estimate of drug-likeness (QED) is 0.490. The molecule has 2 aromatic heterocycles. The molecule has 120 valence electrons. The molecule has 0 spiro atoms. The number of fused-ring (bicyclic) bond motifs is 2. The lowest BCUT2D eigenvalue weighted by atomic mass is 10.2. The van der Waals surface area contributed by atoms with E-state index in [9.17, 15) is 9.59 Å². The number of H-pyrrole nitrogens is 2. The molecule has 2 heterocycles. The van der Waals surface area contributed by atoms with E-state index in [2.05, 4.69) is 9.97 Å². The maximum absolute atomic E-state index is 11.0. The second kappa shape index (κ2) is 6.91. The average Bonchev–Trinajstić information content (AvgIpc) is 2.55. The van der Waals surface area contributed by atoms with Gasteiger partial charge in [0.15, 0.2) is 0 Å². The Morgan fingerprint density at radius 3 is 1.42 bits per heavy atom. The molecule has 0 radical (unpaired) electrons. The van der Waals surface area contributed by atoms with Crippen molar-refractivity contribution >= 4 is 45.0 Å². The fourth-order valence-electron chi connectivity index (χ4n) is 2.32. The Kier molecular flexibility index (Phi) is 4.69. The Morgan fingerprint density at radius 2 is 1.00 bits per heavy atom. The second-order valence-electron chi connectivity index (χ2n) is 5.05. The lowest BCUT2D eigenvalue weighted by Gasteiger charge is -1.97. The van der Waals surface area contributed by atoms with Crippen molar-refractivity contribution < 1.29 is 0 Å². The summed E-state index contributed by atoms with van der Waals surface area (Å²) in [6.45, 7) is 0. The highest BCUT2D eigenvalue weighted by Crippen LogP contribution is 2.19. The van der Waals surface area contributed by atoms with Crippen molar-refractivity contribution in [2.75, 3.05) is 0 Å². The van der Waals surface area contributed by atoms with Gasteiger partial charge in [0.05, 0.1) is 10.0 Å². The highest BCUT2D eigenvalue weighted by atomic mass is 35.5.